The van der Waals surface area contributed by atoms with Crippen LogP contribution in [0.25, 0.3) is 0 Å². The average Bonchev–Trinajstić information content (AvgIpc) is 2.48. The van der Waals surface area contributed by atoms with Crippen molar-refractivity contribution >= 4 is 5.91 Å². The van der Waals surface area contributed by atoms with Gasteiger partial charge in [0.1, 0.15) is 0 Å². The molecular formula is C12H24N2O. The van der Waals surface area contributed by atoms with Gasteiger partial charge in [-0.15, -0.1) is 0 Å². The van der Waals surface area contributed by atoms with Crippen molar-refractivity contribution in [2.45, 2.75) is 65.0 Å². The first-order valence-electron chi connectivity index (χ1n) is 6.07. The van der Waals surface area contributed by atoms with Crippen LogP contribution in [0.15, 0.2) is 0 Å². The van der Waals surface area contributed by atoms with E-state index < -0.39 is 0 Å². The van der Waals surface area contributed by atoms with Crippen molar-refractivity contribution in [2.24, 2.45) is 11.1 Å². The highest BCUT2D eigenvalue weighted by Gasteiger charge is 2.43. The number of hydrogen-bond donors (Lipinski definition) is 2. The highest BCUT2D eigenvalue weighted by molar-refractivity contribution is 5.83. The zero-order valence-electron chi connectivity index (χ0n) is 10.2. The quantitative estimate of drug-likeness (QED) is 0.746. The minimum atomic E-state index is -0.331. The SMILES string of the molecule is CCCC(C)NC(=O)C1(C)CCCC1N. The second-order valence-corrected chi connectivity index (χ2v) is 5.08. The van der Waals surface area contributed by atoms with Crippen molar-refractivity contribution < 1.29 is 4.79 Å². The summed E-state index contributed by atoms with van der Waals surface area (Å²) in [5.41, 5.74) is 5.67. The van der Waals surface area contributed by atoms with Gasteiger partial charge in [-0.3, -0.25) is 4.79 Å². The molecule has 0 saturated heterocycles. The van der Waals surface area contributed by atoms with Crippen molar-refractivity contribution in [1.82, 2.24) is 5.32 Å². The minimum absolute atomic E-state index is 0.0336. The Morgan fingerprint density at radius 1 is 1.67 bits per heavy atom. The maximum Gasteiger partial charge on any atom is 0.227 e. The van der Waals surface area contributed by atoms with Crippen molar-refractivity contribution in [1.29, 1.82) is 0 Å². The first kappa shape index (κ1) is 12.5. The van der Waals surface area contributed by atoms with Crippen LogP contribution >= 0.6 is 0 Å². The summed E-state index contributed by atoms with van der Waals surface area (Å²) in [7, 11) is 0. The molecule has 0 spiro atoms. The second kappa shape index (κ2) is 4.97. The van der Waals surface area contributed by atoms with Crippen LogP contribution < -0.4 is 11.1 Å². The summed E-state index contributed by atoms with van der Waals surface area (Å²) < 4.78 is 0. The lowest BCUT2D eigenvalue weighted by atomic mass is 9.84. The molecular weight excluding hydrogens is 188 g/mol. The topological polar surface area (TPSA) is 55.1 Å². The molecule has 3 nitrogen and oxygen atoms in total. The molecule has 1 amide bonds. The van der Waals surface area contributed by atoms with Crippen LogP contribution in [0.5, 0.6) is 0 Å². The summed E-state index contributed by atoms with van der Waals surface area (Å²) in [5.74, 6) is 0.147. The zero-order valence-corrected chi connectivity index (χ0v) is 10.2. The summed E-state index contributed by atoms with van der Waals surface area (Å²) in [5, 5.41) is 3.07. The van der Waals surface area contributed by atoms with E-state index in [1.165, 1.54) is 0 Å². The molecule has 0 heterocycles. The molecule has 3 heteroatoms. The fraction of sp³-hybridized carbons (Fsp3) is 0.917. The Morgan fingerprint density at radius 2 is 2.33 bits per heavy atom. The van der Waals surface area contributed by atoms with Gasteiger partial charge in [-0.25, -0.2) is 0 Å². The van der Waals surface area contributed by atoms with Gasteiger partial charge in [-0.1, -0.05) is 19.8 Å². The van der Waals surface area contributed by atoms with Gasteiger partial charge in [0.25, 0.3) is 0 Å². The molecule has 3 atom stereocenters. The minimum Gasteiger partial charge on any atom is -0.353 e. The van der Waals surface area contributed by atoms with Crippen LogP contribution in [0.1, 0.15) is 52.9 Å². The van der Waals surface area contributed by atoms with Crippen LogP contribution in [0.4, 0.5) is 0 Å². The molecule has 0 bridgehead atoms. The smallest absolute Gasteiger partial charge is 0.227 e. The molecule has 1 rings (SSSR count). The maximum atomic E-state index is 12.1. The summed E-state index contributed by atoms with van der Waals surface area (Å²) in [6, 6.07) is 0.304. The normalized spacial score (nSPS) is 32.7. The average molecular weight is 212 g/mol. The van der Waals surface area contributed by atoms with Crippen molar-refractivity contribution in [2.75, 3.05) is 0 Å². The summed E-state index contributed by atoms with van der Waals surface area (Å²) in [4.78, 5) is 12.1. The number of carbonyl (C=O) groups excluding carboxylic acids is 1. The van der Waals surface area contributed by atoms with Gasteiger partial charge >= 0.3 is 0 Å². The summed E-state index contributed by atoms with van der Waals surface area (Å²) in [6.45, 7) is 6.19. The van der Waals surface area contributed by atoms with E-state index in [4.69, 9.17) is 5.73 Å². The van der Waals surface area contributed by atoms with Crippen molar-refractivity contribution in [3.05, 3.63) is 0 Å². The zero-order chi connectivity index (χ0) is 11.5. The van der Waals surface area contributed by atoms with Gasteiger partial charge in [0.2, 0.25) is 5.91 Å². The molecule has 0 aromatic heterocycles. The molecule has 3 unspecified atom stereocenters. The van der Waals surface area contributed by atoms with Gasteiger partial charge in [-0.2, -0.15) is 0 Å². The number of nitrogens with one attached hydrogen (secondary N) is 1. The Bertz CT molecular complexity index is 230. The van der Waals surface area contributed by atoms with Crippen molar-refractivity contribution in [3.63, 3.8) is 0 Å². The van der Waals surface area contributed by atoms with Crippen LogP contribution in [-0.2, 0) is 4.79 Å². The Balaban J connectivity index is 2.52. The highest BCUT2D eigenvalue weighted by Crippen LogP contribution is 2.36. The van der Waals surface area contributed by atoms with E-state index >= 15 is 0 Å². The summed E-state index contributed by atoms with van der Waals surface area (Å²) in [6.07, 6.45) is 5.12. The van der Waals surface area contributed by atoms with Crippen LogP contribution in [0.2, 0.25) is 0 Å². The fourth-order valence-electron chi connectivity index (χ4n) is 2.37. The number of rotatable bonds is 4. The van der Waals surface area contributed by atoms with E-state index in [9.17, 15) is 4.79 Å². The highest BCUT2D eigenvalue weighted by atomic mass is 16.2. The molecule has 1 aliphatic rings. The van der Waals surface area contributed by atoms with Crippen LogP contribution in [0.3, 0.4) is 0 Å². The van der Waals surface area contributed by atoms with Crippen molar-refractivity contribution in [3.8, 4) is 0 Å². The lowest BCUT2D eigenvalue weighted by Crippen LogP contribution is -2.49. The third-order valence-corrected chi connectivity index (χ3v) is 3.65. The standard InChI is InChI=1S/C12H24N2O/c1-4-6-9(2)14-11(15)12(3)8-5-7-10(12)13/h9-10H,4-8,13H2,1-3H3,(H,14,15). The van der Waals surface area contributed by atoms with E-state index in [2.05, 4.69) is 19.2 Å². The molecule has 1 fully saturated rings. The monoisotopic (exact) mass is 212 g/mol. The Hall–Kier alpha value is -0.570. The Kier molecular flexibility index (Phi) is 4.14. The number of carbonyl (C=O) groups is 1. The molecule has 0 aliphatic heterocycles. The third-order valence-electron chi connectivity index (χ3n) is 3.65. The maximum absolute atomic E-state index is 12.1. The van der Waals surface area contributed by atoms with Gasteiger partial charge < -0.3 is 11.1 Å². The van der Waals surface area contributed by atoms with Gasteiger partial charge in [-0.05, 0) is 33.1 Å². The number of nitrogens with two attached hydrogens (primary N) is 1. The van der Waals surface area contributed by atoms with E-state index in [-0.39, 0.29) is 23.4 Å². The van der Waals surface area contributed by atoms with Crippen LogP contribution in [0, 0.1) is 5.41 Å². The molecule has 0 aromatic rings. The van der Waals surface area contributed by atoms with Crippen LogP contribution in [-0.4, -0.2) is 18.0 Å². The number of amides is 1. The fourth-order valence-corrected chi connectivity index (χ4v) is 2.37. The predicted molar refractivity (Wildman–Crippen MR) is 62.4 cm³/mol. The van der Waals surface area contributed by atoms with Gasteiger partial charge in [0, 0.05) is 12.1 Å². The Morgan fingerprint density at radius 3 is 2.80 bits per heavy atom. The molecule has 1 saturated carbocycles. The molecule has 15 heavy (non-hydrogen) atoms. The molecule has 0 aromatic carbocycles. The molecule has 1 aliphatic carbocycles. The largest absolute Gasteiger partial charge is 0.353 e. The predicted octanol–water partition coefficient (Wildman–Crippen LogP) is 1.81. The molecule has 0 radical (unpaired) electrons. The van der Waals surface area contributed by atoms with Gasteiger partial charge in [0.05, 0.1) is 5.41 Å². The first-order valence-corrected chi connectivity index (χ1v) is 6.07. The molecule has 3 N–H and O–H groups in total. The number of hydrogen-bond acceptors (Lipinski definition) is 2. The van der Waals surface area contributed by atoms with E-state index in [1.807, 2.05) is 6.92 Å². The van der Waals surface area contributed by atoms with E-state index in [0.717, 1.165) is 32.1 Å². The third kappa shape index (κ3) is 2.71. The van der Waals surface area contributed by atoms with E-state index in [0.29, 0.717) is 0 Å². The second-order valence-electron chi connectivity index (χ2n) is 5.08. The lowest BCUT2D eigenvalue weighted by Gasteiger charge is -2.29. The Labute approximate surface area is 92.8 Å². The lowest BCUT2D eigenvalue weighted by molar-refractivity contribution is -0.131. The summed E-state index contributed by atoms with van der Waals surface area (Å²) >= 11 is 0. The van der Waals surface area contributed by atoms with Gasteiger partial charge in [0.15, 0.2) is 0 Å². The molecule has 88 valence electrons. The first-order chi connectivity index (χ1) is 7.00. The van der Waals surface area contributed by atoms with E-state index in [1.54, 1.807) is 0 Å².